The highest BCUT2D eigenvalue weighted by Crippen LogP contribution is 2.05. The molecule has 2 N–H and O–H groups in total. The summed E-state index contributed by atoms with van der Waals surface area (Å²) in [6.07, 6.45) is 2.01. The van der Waals surface area contributed by atoms with E-state index in [9.17, 15) is 0 Å². The molecular formula is C10H13N3O. The molecule has 4 heteroatoms. The molecule has 74 valence electrons. The number of pyridine rings is 1. The lowest BCUT2D eigenvalue weighted by Gasteiger charge is -2.06. The second kappa shape index (κ2) is 5.20. The lowest BCUT2D eigenvalue weighted by atomic mass is 10.3. The maximum atomic E-state index is 9.01. The Hall–Kier alpha value is -1.60. The molecule has 1 aromatic rings. The van der Waals surface area contributed by atoms with Gasteiger partial charge >= 0.3 is 0 Å². The molecule has 1 rings (SSSR count). The minimum Gasteiger partial charge on any atom is -0.393 e. The number of anilines is 1. The summed E-state index contributed by atoms with van der Waals surface area (Å²) in [6, 6.07) is 5.41. The Kier molecular flexibility index (Phi) is 3.89. The van der Waals surface area contributed by atoms with Crippen LogP contribution >= 0.6 is 0 Å². The van der Waals surface area contributed by atoms with Gasteiger partial charge in [0.2, 0.25) is 0 Å². The van der Waals surface area contributed by atoms with Gasteiger partial charge in [-0.3, -0.25) is 0 Å². The average molecular weight is 191 g/mol. The number of hydrogen-bond donors (Lipinski definition) is 2. The van der Waals surface area contributed by atoms with Gasteiger partial charge in [-0.15, -0.1) is 0 Å². The average Bonchev–Trinajstić information content (AvgIpc) is 2.18. The van der Waals surface area contributed by atoms with Crippen molar-refractivity contribution in [1.82, 2.24) is 4.98 Å². The highest BCUT2D eigenvalue weighted by atomic mass is 16.3. The number of nitrogens with one attached hydrogen (secondary N) is 1. The minimum atomic E-state index is -0.297. The number of aromatic nitrogens is 1. The lowest BCUT2D eigenvalue weighted by Crippen LogP contribution is -2.09. The van der Waals surface area contributed by atoms with Gasteiger partial charge in [0.25, 0.3) is 0 Å². The monoisotopic (exact) mass is 191 g/mol. The molecule has 0 amide bonds. The van der Waals surface area contributed by atoms with Gasteiger partial charge < -0.3 is 10.4 Å². The number of nitrogens with zero attached hydrogens (tertiary/aromatic N) is 2. The standard InChI is InChI=1S/C10H13N3O/c1-8(14)4-5-12-10-3-2-9(6-11)13-7-10/h2-3,7-8,12,14H,4-5H2,1H3. The summed E-state index contributed by atoms with van der Waals surface area (Å²) in [5, 5.41) is 20.6. The Labute approximate surface area is 83.2 Å². The van der Waals surface area contributed by atoms with Crippen molar-refractivity contribution in [3.8, 4) is 6.07 Å². The van der Waals surface area contributed by atoms with E-state index in [0.717, 1.165) is 5.69 Å². The van der Waals surface area contributed by atoms with Crippen molar-refractivity contribution in [1.29, 1.82) is 5.26 Å². The summed E-state index contributed by atoms with van der Waals surface area (Å²) >= 11 is 0. The first-order valence-corrected chi connectivity index (χ1v) is 4.50. The summed E-state index contributed by atoms with van der Waals surface area (Å²) in [4.78, 5) is 3.91. The molecule has 0 aromatic carbocycles. The zero-order valence-electron chi connectivity index (χ0n) is 8.07. The fourth-order valence-electron chi connectivity index (χ4n) is 0.990. The van der Waals surface area contributed by atoms with E-state index in [0.29, 0.717) is 18.7 Å². The number of aliphatic hydroxyl groups is 1. The van der Waals surface area contributed by atoms with Gasteiger partial charge in [-0.1, -0.05) is 0 Å². The number of rotatable bonds is 4. The number of nitriles is 1. The quantitative estimate of drug-likeness (QED) is 0.748. The van der Waals surface area contributed by atoms with Crippen LogP contribution < -0.4 is 5.32 Å². The molecule has 1 heterocycles. The maximum Gasteiger partial charge on any atom is 0.140 e. The van der Waals surface area contributed by atoms with Crippen molar-refractivity contribution < 1.29 is 5.11 Å². The van der Waals surface area contributed by atoms with Gasteiger partial charge in [0.05, 0.1) is 18.0 Å². The summed E-state index contributed by atoms with van der Waals surface area (Å²) in [6.45, 7) is 2.45. The van der Waals surface area contributed by atoms with Crippen molar-refractivity contribution in [2.24, 2.45) is 0 Å². The molecule has 1 aromatic heterocycles. The third kappa shape index (κ3) is 3.42. The van der Waals surface area contributed by atoms with Crippen molar-refractivity contribution >= 4 is 5.69 Å². The van der Waals surface area contributed by atoms with E-state index in [1.165, 1.54) is 0 Å². The van der Waals surface area contributed by atoms with Gasteiger partial charge in [0.15, 0.2) is 0 Å². The Bertz CT molecular complexity index is 313. The molecule has 0 aliphatic carbocycles. The second-order valence-electron chi connectivity index (χ2n) is 3.11. The predicted molar refractivity (Wildman–Crippen MR) is 53.7 cm³/mol. The Morgan fingerprint density at radius 1 is 1.64 bits per heavy atom. The van der Waals surface area contributed by atoms with E-state index >= 15 is 0 Å². The number of hydrogen-bond acceptors (Lipinski definition) is 4. The first-order chi connectivity index (χ1) is 6.72. The largest absolute Gasteiger partial charge is 0.393 e. The van der Waals surface area contributed by atoms with E-state index in [1.807, 2.05) is 6.07 Å². The Balaban J connectivity index is 2.41. The highest BCUT2D eigenvalue weighted by molar-refractivity contribution is 5.42. The molecule has 0 aliphatic heterocycles. The molecule has 4 nitrogen and oxygen atoms in total. The SMILES string of the molecule is CC(O)CCNc1ccc(C#N)nc1. The third-order valence-corrected chi connectivity index (χ3v) is 1.77. The third-order valence-electron chi connectivity index (χ3n) is 1.77. The van der Waals surface area contributed by atoms with Gasteiger partial charge in [-0.2, -0.15) is 5.26 Å². The first-order valence-electron chi connectivity index (χ1n) is 4.50. The first kappa shape index (κ1) is 10.5. The molecule has 0 bridgehead atoms. The van der Waals surface area contributed by atoms with Crippen LogP contribution in [-0.4, -0.2) is 22.7 Å². The van der Waals surface area contributed by atoms with Crippen molar-refractivity contribution in [2.75, 3.05) is 11.9 Å². The summed E-state index contributed by atoms with van der Waals surface area (Å²) in [5.41, 5.74) is 1.27. The normalized spacial score (nSPS) is 11.8. The van der Waals surface area contributed by atoms with Gasteiger partial charge in [-0.05, 0) is 25.5 Å². The molecule has 0 saturated carbocycles. The molecule has 1 atom stereocenters. The van der Waals surface area contributed by atoms with Crippen LogP contribution in [0.5, 0.6) is 0 Å². The molecule has 0 saturated heterocycles. The molecule has 0 fully saturated rings. The van der Waals surface area contributed by atoms with E-state index in [2.05, 4.69) is 10.3 Å². The van der Waals surface area contributed by atoms with Crippen molar-refractivity contribution in [3.63, 3.8) is 0 Å². The van der Waals surface area contributed by atoms with Gasteiger partial charge in [0.1, 0.15) is 11.8 Å². The Morgan fingerprint density at radius 3 is 2.93 bits per heavy atom. The summed E-state index contributed by atoms with van der Waals surface area (Å²) in [7, 11) is 0. The molecule has 0 radical (unpaired) electrons. The smallest absolute Gasteiger partial charge is 0.140 e. The highest BCUT2D eigenvalue weighted by Gasteiger charge is 1.96. The van der Waals surface area contributed by atoms with Crippen LogP contribution in [0.25, 0.3) is 0 Å². The topological polar surface area (TPSA) is 68.9 Å². The lowest BCUT2D eigenvalue weighted by molar-refractivity contribution is 0.189. The van der Waals surface area contributed by atoms with Gasteiger partial charge in [-0.25, -0.2) is 4.98 Å². The molecule has 0 aliphatic rings. The molecule has 14 heavy (non-hydrogen) atoms. The van der Waals surface area contributed by atoms with Crippen LogP contribution in [0.2, 0.25) is 0 Å². The van der Waals surface area contributed by atoms with Crippen LogP contribution in [-0.2, 0) is 0 Å². The Morgan fingerprint density at radius 2 is 2.43 bits per heavy atom. The van der Waals surface area contributed by atoms with Crippen LogP contribution in [0.3, 0.4) is 0 Å². The van der Waals surface area contributed by atoms with E-state index in [4.69, 9.17) is 10.4 Å². The molecule has 1 unspecified atom stereocenters. The van der Waals surface area contributed by atoms with E-state index in [-0.39, 0.29) is 6.10 Å². The van der Waals surface area contributed by atoms with Crippen LogP contribution in [0.4, 0.5) is 5.69 Å². The zero-order valence-corrected chi connectivity index (χ0v) is 8.07. The van der Waals surface area contributed by atoms with Crippen LogP contribution in [0.15, 0.2) is 18.3 Å². The fraction of sp³-hybridized carbons (Fsp3) is 0.400. The fourth-order valence-corrected chi connectivity index (χ4v) is 0.990. The van der Waals surface area contributed by atoms with Gasteiger partial charge in [0, 0.05) is 6.54 Å². The summed E-state index contributed by atoms with van der Waals surface area (Å²) < 4.78 is 0. The number of aliphatic hydroxyl groups excluding tert-OH is 1. The second-order valence-corrected chi connectivity index (χ2v) is 3.11. The van der Waals surface area contributed by atoms with Crippen LogP contribution in [0, 0.1) is 11.3 Å². The van der Waals surface area contributed by atoms with Crippen LogP contribution in [0.1, 0.15) is 19.0 Å². The maximum absolute atomic E-state index is 9.01. The molecular weight excluding hydrogens is 178 g/mol. The predicted octanol–water partition coefficient (Wildman–Crippen LogP) is 1.14. The minimum absolute atomic E-state index is 0.297. The molecule has 0 spiro atoms. The summed E-state index contributed by atoms with van der Waals surface area (Å²) in [5.74, 6) is 0. The van der Waals surface area contributed by atoms with Crippen molar-refractivity contribution in [3.05, 3.63) is 24.0 Å². The van der Waals surface area contributed by atoms with E-state index < -0.39 is 0 Å². The zero-order chi connectivity index (χ0) is 10.4. The van der Waals surface area contributed by atoms with E-state index in [1.54, 1.807) is 25.3 Å². The van der Waals surface area contributed by atoms with Crippen molar-refractivity contribution in [2.45, 2.75) is 19.4 Å².